The Morgan fingerprint density at radius 2 is 2.05 bits per heavy atom. The van der Waals surface area contributed by atoms with Crippen LogP contribution in [0.1, 0.15) is 22.8 Å². The summed E-state index contributed by atoms with van der Waals surface area (Å²) in [5, 5.41) is 2.85. The predicted octanol–water partition coefficient (Wildman–Crippen LogP) is 2.42. The van der Waals surface area contributed by atoms with Crippen molar-refractivity contribution < 1.29 is 14.3 Å². The third-order valence-electron chi connectivity index (χ3n) is 2.92. The van der Waals surface area contributed by atoms with E-state index in [0.29, 0.717) is 24.6 Å². The van der Waals surface area contributed by atoms with E-state index in [0.717, 1.165) is 11.3 Å². The number of ether oxygens (including phenoxy) is 2. The van der Waals surface area contributed by atoms with Gasteiger partial charge in [0.1, 0.15) is 5.75 Å². The maximum absolute atomic E-state index is 12.1. The summed E-state index contributed by atoms with van der Waals surface area (Å²) in [4.78, 5) is 16.1. The zero-order valence-corrected chi connectivity index (χ0v) is 12.1. The number of pyridine rings is 1. The van der Waals surface area contributed by atoms with Gasteiger partial charge in [-0.2, -0.15) is 0 Å². The predicted molar refractivity (Wildman–Crippen MR) is 79.6 cm³/mol. The number of benzene rings is 1. The Bertz CT molecular complexity index is 597. The number of amides is 1. The molecule has 0 aliphatic heterocycles. The highest BCUT2D eigenvalue weighted by atomic mass is 16.5. The minimum atomic E-state index is -0.184. The molecule has 0 saturated heterocycles. The summed E-state index contributed by atoms with van der Waals surface area (Å²) in [6, 6.07) is 11.0. The lowest BCUT2D eigenvalue weighted by Gasteiger charge is -2.11. The first-order valence-corrected chi connectivity index (χ1v) is 6.73. The Kier molecular flexibility index (Phi) is 5.15. The Morgan fingerprint density at radius 1 is 1.24 bits per heavy atom. The average molecular weight is 286 g/mol. The van der Waals surface area contributed by atoms with Crippen molar-refractivity contribution in [2.75, 3.05) is 13.7 Å². The smallest absolute Gasteiger partial charge is 0.253 e. The summed E-state index contributed by atoms with van der Waals surface area (Å²) in [6.45, 7) is 2.92. The molecule has 0 bridgehead atoms. The monoisotopic (exact) mass is 286 g/mol. The van der Waals surface area contributed by atoms with Gasteiger partial charge in [-0.25, -0.2) is 4.98 Å². The van der Waals surface area contributed by atoms with Crippen LogP contribution in [0.4, 0.5) is 0 Å². The van der Waals surface area contributed by atoms with E-state index in [9.17, 15) is 4.79 Å². The Balaban J connectivity index is 2.00. The van der Waals surface area contributed by atoms with E-state index in [1.54, 1.807) is 12.1 Å². The molecule has 1 heterocycles. The second-order valence-electron chi connectivity index (χ2n) is 4.31. The van der Waals surface area contributed by atoms with Crippen LogP contribution in [-0.4, -0.2) is 24.6 Å². The Hall–Kier alpha value is -2.56. The first-order chi connectivity index (χ1) is 10.2. The first kappa shape index (κ1) is 14.8. The van der Waals surface area contributed by atoms with Gasteiger partial charge in [0.15, 0.2) is 0 Å². The fourth-order valence-corrected chi connectivity index (χ4v) is 1.86. The van der Waals surface area contributed by atoms with Gasteiger partial charge >= 0.3 is 0 Å². The number of hydrogen-bond acceptors (Lipinski definition) is 4. The van der Waals surface area contributed by atoms with Crippen LogP contribution in [0, 0.1) is 0 Å². The van der Waals surface area contributed by atoms with E-state index in [1.807, 2.05) is 31.2 Å². The molecular formula is C16H18N2O3. The van der Waals surface area contributed by atoms with Crippen molar-refractivity contribution in [1.29, 1.82) is 0 Å². The molecule has 2 aromatic rings. The SMILES string of the molecule is CCOc1ccccc1CNC(=O)c1ccc(OC)nc1. The second-order valence-corrected chi connectivity index (χ2v) is 4.31. The molecule has 1 aromatic carbocycles. The van der Waals surface area contributed by atoms with Crippen molar-refractivity contribution in [2.24, 2.45) is 0 Å². The Labute approximate surface area is 123 Å². The molecule has 0 spiro atoms. The molecule has 5 heteroatoms. The standard InChI is InChI=1S/C16H18N2O3/c1-3-21-14-7-5-4-6-12(14)10-18-16(19)13-8-9-15(20-2)17-11-13/h4-9,11H,3,10H2,1-2H3,(H,18,19). The van der Waals surface area contributed by atoms with Gasteiger partial charge in [0.25, 0.3) is 5.91 Å². The van der Waals surface area contributed by atoms with Gasteiger partial charge in [-0.1, -0.05) is 18.2 Å². The molecule has 0 unspecified atom stereocenters. The van der Waals surface area contributed by atoms with Gasteiger partial charge in [-0.3, -0.25) is 4.79 Å². The van der Waals surface area contributed by atoms with Crippen molar-refractivity contribution >= 4 is 5.91 Å². The number of nitrogens with zero attached hydrogens (tertiary/aromatic N) is 1. The van der Waals surface area contributed by atoms with Gasteiger partial charge in [0, 0.05) is 24.4 Å². The van der Waals surface area contributed by atoms with Gasteiger partial charge in [-0.15, -0.1) is 0 Å². The molecule has 0 fully saturated rings. The molecule has 1 N–H and O–H groups in total. The van der Waals surface area contributed by atoms with Crippen LogP contribution in [-0.2, 0) is 6.54 Å². The topological polar surface area (TPSA) is 60.5 Å². The molecule has 0 aliphatic rings. The molecule has 5 nitrogen and oxygen atoms in total. The second kappa shape index (κ2) is 7.28. The maximum atomic E-state index is 12.1. The number of carbonyl (C=O) groups is 1. The maximum Gasteiger partial charge on any atom is 0.253 e. The summed E-state index contributed by atoms with van der Waals surface area (Å²) in [5.41, 5.74) is 1.43. The van der Waals surface area contributed by atoms with Crippen LogP contribution >= 0.6 is 0 Å². The highest BCUT2D eigenvalue weighted by molar-refractivity contribution is 5.93. The van der Waals surface area contributed by atoms with E-state index < -0.39 is 0 Å². The van der Waals surface area contributed by atoms with Crippen LogP contribution in [0.3, 0.4) is 0 Å². The van der Waals surface area contributed by atoms with Gasteiger partial charge in [0.2, 0.25) is 5.88 Å². The van der Waals surface area contributed by atoms with Crippen molar-refractivity contribution in [3.63, 3.8) is 0 Å². The van der Waals surface area contributed by atoms with Crippen LogP contribution < -0.4 is 14.8 Å². The lowest BCUT2D eigenvalue weighted by Crippen LogP contribution is -2.23. The Morgan fingerprint density at radius 3 is 2.71 bits per heavy atom. The number of para-hydroxylation sites is 1. The molecule has 0 radical (unpaired) electrons. The summed E-state index contributed by atoms with van der Waals surface area (Å²) >= 11 is 0. The molecule has 110 valence electrons. The fraction of sp³-hybridized carbons (Fsp3) is 0.250. The van der Waals surface area contributed by atoms with Gasteiger partial charge in [0.05, 0.1) is 19.3 Å². The van der Waals surface area contributed by atoms with Crippen molar-refractivity contribution in [2.45, 2.75) is 13.5 Å². The molecule has 1 amide bonds. The quantitative estimate of drug-likeness (QED) is 0.886. The van der Waals surface area contributed by atoms with Gasteiger partial charge < -0.3 is 14.8 Å². The molecule has 21 heavy (non-hydrogen) atoms. The zero-order valence-electron chi connectivity index (χ0n) is 12.1. The minimum Gasteiger partial charge on any atom is -0.494 e. The highest BCUT2D eigenvalue weighted by Gasteiger charge is 2.08. The number of methoxy groups -OCH3 is 1. The van der Waals surface area contributed by atoms with E-state index in [2.05, 4.69) is 10.3 Å². The molecule has 2 rings (SSSR count). The number of hydrogen-bond donors (Lipinski definition) is 1. The third kappa shape index (κ3) is 3.95. The first-order valence-electron chi connectivity index (χ1n) is 6.73. The molecule has 1 aromatic heterocycles. The van der Waals surface area contributed by atoms with E-state index >= 15 is 0 Å². The summed E-state index contributed by atoms with van der Waals surface area (Å²) < 4.78 is 10.5. The van der Waals surface area contributed by atoms with Crippen LogP contribution in [0.2, 0.25) is 0 Å². The largest absolute Gasteiger partial charge is 0.494 e. The lowest BCUT2D eigenvalue weighted by atomic mass is 10.2. The molecule has 0 saturated carbocycles. The average Bonchev–Trinajstić information content (AvgIpc) is 2.54. The number of rotatable bonds is 6. The van der Waals surface area contributed by atoms with Crippen molar-refractivity contribution in [1.82, 2.24) is 10.3 Å². The normalized spacial score (nSPS) is 10.0. The van der Waals surface area contributed by atoms with Crippen LogP contribution in [0.5, 0.6) is 11.6 Å². The van der Waals surface area contributed by atoms with E-state index in [1.165, 1.54) is 13.3 Å². The van der Waals surface area contributed by atoms with Gasteiger partial charge in [-0.05, 0) is 19.1 Å². The number of nitrogens with one attached hydrogen (secondary N) is 1. The summed E-state index contributed by atoms with van der Waals surface area (Å²) in [5.74, 6) is 1.08. The molecule has 0 atom stereocenters. The fourth-order valence-electron chi connectivity index (χ4n) is 1.86. The molecule has 0 aliphatic carbocycles. The van der Waals surface area contributed by atoms with Crippen LogP contribution in [0.15, 0.2) is 42.6 Å². The van der Waals surface area contributed by atoms with Crippen molar-refractivity contribution in [3.05, 3.63) is 53.7 Å². The third-order valence-corrected chi connectivity index (χ3v) is 2.92. The van der Waals surface area contributed by atoms with E-state index in [4.69, 9.17) is 9.47 Å². The van der Waals surface area contributed by atoms with Crippen molar-refractivity contribution in [3.8, 4) is 11.6 Å². The number of aromatic nitrogens is 1. The highest BCUT2D eigenvalue weighted by Crippen LogP contribution is 2.17. The summed E-state index contributed by atoms with van der Waals surface area (Å²) in [6.07, 6.45) is 1.49. The minimum absolute atomic E-state index is 0.184. The zero-order chi connectivity index (χ0) is 15.1. The molecular weight excluding hydrogens is 268 g/mol. The van der Waals surface area contributed by atoms with E-state index in [-0.39, 0.29) is 5.91 Å². The summed E-state index contributed by atoms with van der Waals surface area (Å²) in [7, 11) is 1.53. The lowest BCUT2D eigenvalue weighted by molar-refractivity contribution is 0.0950. The van der Waals surface area contributed by atoms with Crippen LogP contribution in [0.25, 0.3) is 0 Å². The number of carbonyl (C=O) groups excluding carboxylic acids is 1.